The van der Waals surface area contributed by atoms with E-state index in [1.807, 2.05) is 12.3 Å². The van der Waals surface area contributed by atoms with Gasteiger partial charge in [-0.15, -0.1) is 0 Å². The molecule has 0 spiro atoms. The topological polar surface area (TPSA) is 44.0 Å². The van der Waals surface area contributed by atoms with Crippen molar-refractivity contribution in [2.45, 2.75) is 25.4 Å². The number of benzene rings is 2. The van der Waals surface area contributed by atoms with Gasteiger partial charge in [0, 0.05) is 30.2 Å². The van der Waals surface area contributed by atoms with Crippen molar-refractivity contribution in [3.05, 3.63) is 60.3 Å². The number of H-pyrrole nitrogens is 1. The molecule has 1 saturated heterocycles. The molecule has 4 rings (SSSR count). The standard InChI is InChI=1S/C19H21N4/c1-2-5-15(6-3-1)13-23-10-4-7-18(14-23)21-17-8-9-19-16(11-17)12-20-22-19/h1-2,5-6,8-9,11-12,18,21H,4,7,10,13-14H2,(H,20,22). The van der Waals surface area contributed by atoms with Gasteiger partial charge >= 0.3 is 0 Å². The van der Waals surface area contributed by atoms with Crippen molar-refractivity contribution < 1.29 is 0 Å². The molecule has 1 unspecified atom stereocenters. The molecule has 4 nitrogen and oxygen atoms in total. The van der Waals surface area contributed by atoms with Crippen molar-refractivity contribution in [1.29, 1.82) is 0 Å². The van der Waals surface area contributed by atoms with Gasteiger partial charge in [-0.25, -0.2) is 0 Å². The molecule has 2 aromatic carbocycles. The van der Waals surface area contributed by atoms with Crippen molar-refractivity contribution in [3.8, 4) is 0 Å². The van der Waals surface area contributed by atoms with E-state index in [0.29, 0.717) is 6.04 Å². The SMILES string of the molecule is [c]1cccc(CN2CCCC(Nc3ccc4[nH]ncc4c3)C2)c1. The van der Waals surface area contributed by atoms with E-state index in [9.17, 15) is 0 Å². The highest BCUT2D eigenvalue weighted by Crippen LogP contribution is 2.21. The third-order valence-corrected chi connectivity index (χ3v) is 4.49. The first-order valence-corrected chi connectivity index (χ1v) is 8.24. The molecule has 0 aliphatic carbocycles. The van der Waals surface area contributed by atoms with Gasteiger partial charge in [0.25, 0.3) is 0 Å². The summed E-state index contributed by atoms with van der Waals surface area (Å²) in [5.41, 5.74) is 3.60. The number of rotatable bonds is 4. The zero-order valence-electron chi connectivity index (χ0n) is 13.1. The van der Waals surface area contributed by atoms with Crippen molar-refractivity contribution in [2.75, 3.05) is 18.4 Å². The number of aromatic nitrogens is 2. The van der Waals surface area contributed by atoms with Gasteiger partial charge in [0.2, 0.25) is 0 Å². The lowest BCUT2D eigenvalue weighted by Crippen LogP contribution is -2.41. The zero-order chi connectivity index (χ0) is 15.5. The fourth-order valence-electron chi connectivity index (χ4n) is 3.37. The number of hydrogen-bond donors (Lipinski definition) is 2. The summed E-state index contributed by atoms with van der Waals surface area (Å²) in [6.45, 7) is 3.27. The molecule has 0 bridgehead atoms. The Hall–Kier alpha value is -2.33. The van der Waals surface area contributed by atoms with Crippen LogP contribution in [0.2, 0.25) is 0 Å². The molecule has 2 N–H and O–H groups in total. The van der Waals surface area contributed by atoms with Gasteiger partial charge in [-0.05, 0) is 55.3 Å². The summed E-state index contributed by atoms with van der Waals surface area (Å²) in [6, 6.07) is 18.3. The largest absolute Gasteiger partial charge is 0.381 e. The Kier molecular flexibility index (Phi) is 3.99. The van der Waals surface area contributed by atoms with E-state index in [1.165, 1.54) is 30.6 Å². The molecule has 1 fully saturated rings. The summed E-state index contributed by atoms with van der Waals surface area (Å²) in [5.74, 6) is 0. The van der Waals surface area contributed by atoms with Crippen molar-refractivity contribution in [3.63, 3.8) is 0 Å². The van der Waals surface area contributed by atoms with E-state index < -0.39 is 0 Å². The number of nitrogens with zero attached hydrogens (tertiary/aromatic N) is 2. The summed E-state index contributed by atoms with van der Waals surface area (Å²) >= 11 is 0. The molecule has 4 heteroatoms. The maximum absolute atomic E-state index is 4.08. The highest BCUT2D eigenvalue weighted by atomic mass is 15.2. The first kappa shape index (κ1) is 14.3. The Bertz CT molecular complexity index is 765. The van der Waals surface area contributed by atoms with Gasteiger partial charge in [0.1, 0.15) is 0 Å². The maximum Gasteiger partial charge on any atom is 0.0651 e. The van der Waals surface area contributed by atoms with Crippen LogP contribution in [0.5, 0.6) is 0 Å². The van der Waals surface area contributed by atoms with E-state index in [4.69, 9.17) is 0 Å². The highest BCUT2D eigenvalue weighted by Gasteiger charge is 2.19. The summed E-state index contributed by atoms with van der Waals surface area (Å²) in [7, 11) is 0. The van der Waals surface area contributed by atoms with Crippen LogP contribution in [0.3, 0.4) is 0 Å². The Morgan fingerprint density at radius 3 is 3.26 bits per heavy atom. The lowest BCUT2D eigenvalue weighted by molar-refractivity contribution is 0.208. The van der Waals surface area contributed by atoms with E-state index in [2.05, 4.69) is 62.9 Å². The summed E-state index contributed by atoms with van der Waals surface area (Å²) in [5, 5.41) is 11.9. The van der Waals surface area contributed by atoms with Crippen LogP contribution in [0.4, 0.5) is 5.69 Å². The van der Waals surface area contributed by atoms with Gasteiger partial charge in [-0.1, -0.05) is 18.2 Å². The molecular formula is C19H21N4. The van der Waals surface area contributed by atoms with E-state index in [-0.39, 0.29) is 0 Å². The molecule has 2 heterocycles. The Labute approximate surface area is 136 Å². The second-order valence-corrected chi connectivity index (χ2v) is 6.30. The molecule has 0 amide bonds. The van der Waals surface area contributed by atoms with Crippen LogP contribution >= 0.6 is 0 Å². The highest BCUT2D eigenvalue weighted by molar-refractivity contribution is 5.81. The first-order chi connectivity index (χ1) is 11.4. The normalized spacial score (nSPS) is 19.0. The minimum absolute atomic E-state index is 0.501. The van der Waals surface area contributed by atoms with Crippen LogP contribution in [0.25, 0.3) is 10.9 Å². The minimum atomic E-state index is 0.501. The van der Waals surface area contributed by atoms with E-state index >= 15 is 0 Å². The fraction of sp³-hybridized carbons (Fsp3) is 0.316. The predicted molar refractivity (Wildman–Crippen MR) is 93.3 cm³/mol. The average molecular weight is 305 g/mol. The lowest BCUT2D eigenvalue weighted by Gasteiger charge is -2.33. The van der Waals surface area contributed by atoms with Crippen LogP contribution < -0.4 is 5.32 Å². The molecule has 1 radical (unpaired) electrons. The third-order valence-electron chi connectivity index (χ3n) is 4.49. The van der Waals surface area contributed by atoms with Gasteiger partial charge in [-0.2, -0.15) is 5.10 Å². The first-order valence-electron chi connectivity index (χ1n) is 8.24. The third kappa shape index (κ3) is 3.37. The van der Waals surface area contributed by atoms with Crippen LogP contribution in [0.1, 0.15) is 18.4 Å². The number of piperidine rings is 1. The fourth-order valence-corrected chi connectivity index (χ4v) is 3.37. The summed E-state index contributed by atoms with van der Waals surface area (Å²) in [4.78, 5) is 2.53. The van der Waals surface area contributed by atoms with Crippen molar-refractivity contribution in [1.82, 2.24) is 15.1 Å². The average Bonchev–Trinajstić information content (AvgIpc) is 3.04. The molecule has 23 heavy (non-hydrogen) atoms. The molecule has 1 aliphatic rings. The molecule has 1 atom stereocenters. The molecule has 1 aliphatic heterocycles. The second-order valence-electron chi connectivity index (χ2n) is 6.30. The second kappa shape index (κ2) is 6.42. The number of likely N-dealkylation sites (tertiary alicyclic amines) is 1. The summed E-state index contributed by atoms with van der Waals surface area (Å²) < 4.78 is 0. The smallest absolute Gasteiger partial charge is 0.0651 e. The number of aromatic amines is 1. The van der Waals surface area contributed by atoms with Crippen molar-refractivity contribution >= 4 is 16.6 Å². The predicted octanol–water partition coefficient (Wildman–Crippen LogP) is 3.44. The molecular weight excluding hydrogens is 284 g/mol. The quantitative estimate of drug-likeness (QED) is 0.776. The van der Waals surface area contributed by atoms with Gasteiger partial charge in [0.05, 0.1) is 11.7 Å². The molecule has 1 aromatic heterocycles. The van der Waals surface area contributed by atoms with Gasteiger partial charge in [-0.3, -0.25) is 10.00 Å². The number of hydrogen-bond acceptors (Lipinski definition) is 3. The minimum Gasteiger partial charge on any atom is -0.381 e. The van der Waals surface area contributed by atoms with Gasteiger partial charge in [0.15, 0.2) is 0 Å². The monoisotopic (exact) mass is 305 g/mol. The van der Waals surface area contributed by atoms with Crippen molar-refractivity contribution in [2.24, 2.45) is 0 Å². The summed E-state index contributed by atoms with van der Waals surface area (Å²) in [6.07, 6.45) is 4.34. The molecule has 117 valence electrons. The number of nitrogens with one attached hydrogen (secondary N) is 2. The van der Waals surface area contributed by atoms with E-state index in [0.717, 1.165) is 24.0 Å². The Morgan fingerprint density at radius 2 is 2.35 bits per heavy atom. The molecule has 3 aromatic rings. The van der Waals surface area contributed by atoms with Crippen LogP contribution in [0.15, 0.2) is 48.7 Å². The molecule has 0 saturated carbocycles. The Balaban J connectivity index is 1.40. The number of anilines is 1. The zero-order valence-corrected chi connectivity index (χ0v) is 13.1. The van der Waals surface area contributed by atoms with Crippen LogP contribution in [-0.2, 0) is 6.54 Å². The van der Waals surface area contributed by atoms with Crippen LogP contribution in [-0.4, -0.2) is 34.2 Å². The number of fused-ring (bicyclic) bond motifs is 1. The maximum atomic E-state index is 4.08. The van der Waals surface area contributed by atoms with Crippen LogP contribution in [0, 0.1) is 6.07 Å². The lowest BCUT2D eigenvalue weighted by atomic mass is 10.0. The Morgan fingerprint density at radius 1 is 1.35 bits per heavy atom. The van der Waals surface area contributed by atoms with Gasteiger partial charge < -0.3 is 5.32 Å². The van der Waals surface area contributed by atoms with E-state index in [1.54, 1.807) is 0 Å².